The molecule has 0 spiro atoms. The van der Waals surface area contributed by atoms with E-state index in [1.165, 1.54) is 16.9 Å². The van der Waals surface area contributed by atoms with Gasteiger partial charge in [-0.2, -0.15) is 0 Å². The van der Waals surface area contributed by atoms with E-state index in [0.717, 1.165) is 35.3 Å². The van der Waals surface area contributed by atoms with Crippen LogP contribution in [0.15, 0.2) is 60.0 Å². The Morgan fingerprint density at radius 2 is 1.74 bits per heavy atom. The molecule has 2 aliphatic rings. The maximum atomic E-state index is 14.0. The van der Waals surface area contributed by atoms with Gasteiger partial charge in [0, 0.05) is 19.6 Å². The number of piperidine rings is 1. The van der Waals surface area contributed by atoms with Crippen LogP contribution in [0.4, 0.5) is 0 Å². The highest BCUT2D eigenvalue weighted by Crippen LogP contribution is 2.42. The molecule has 2 aliphatic heterocycles. The van der Waals surface area contributed by atoms with E-state index < -0.39 is 0 Å². The number of amides is 2. The standard InChI is InChI=1S/C28H30N2O4S/c1-33-23-16-20-12-14-30(26(19-8-4-3-5-9-19)22(20)17-24(23)34-2)27(31)21-10-6-13-29(18-21)28(32)25-11-7-15-35-25/h3-5,7-9,11,15-17,21,26H,6,10,12-14,18H2,1-2H3. The Kier molecular flexibility index (Phi) is 6.77. The van der Waals surface area contributed by atoms with Crippen molar-refractivity contribution in [1.82, 2.24) is 9.80 Å². The zero-order valence-electron chi connectivity index (χ0n) is 20.1. The van der Waals surface area contributed by atoms with Crippen LogP contribution < -0.4 is 9.47 Å². The van der Waals surface area contributed by atoms with Crippen molar-refractivity contribution < 1.29 is 19.1 Å². The number of carbonyl (C=O) groups is 2. The van der Waals surface area contributed by atoms with Crippen molar-refractivity contribution >= 4 is 23.2 Å². The molecule has 2 amide bonds. The third-order valence-electron chi connectivity index (χ3n) is 7.06. The van der Waals surface area contributed by atoms with Gasteiger partial charge in [0.15, 0.2) is 11.5 Å². The fourth-order valence-corrected chi connectivity index (χ4v) is 6.02. The number of carbonyl (C=O) groups excluding carboxylic acids is 2. The fourth-order valence-electron chi connectivity index (χ4n) is 5.33. The Hall–Kier alpha value is -3.32. The van der Waals surface area contributed by atoms with E-state index in [-0.39, 0.29) is 23.8 Å². The van der Waals surface area contributed by atoms with Gasteiger partial charge < -0.3 is 19.3 Å². The maximum Gasteiger partial charge on any atom is 0.263 e. The van der Waals surface area contributed by atoms with E-state index in [2.05, 4.69) is 12.1 Å². The number of ether oxygens (including phenoxy) is 2. The van der Waals surface area contributed by atoms with Crippen LogP contribution in [-0.4, -0.2) is 55.5 Å². The number of hydrogen-bond acceptors (Lipinski definition) is 5. The minimum Gasteiger partial charge on any atom is -0.493 e. The number of likely N-dealkylation sites (tertiary alicyclic amines) is 1. The quantitative estimate of drug-likeness (QED) is 0.516. The molecule has 1 aromatic heterocycles. The summed E-state index contributed by atoms with van der Waals surface area (Å²) in [4.78, 5) is 31.6. The molecule has 0 N–H and O–H groups in total. The zero-order valence-corrected chi connectivity index (χ0v) is 20.9. The first kappa shape index (κ1) is 23.4. The van der Waals surface area contributed by atoms with E-state index in [4.69, 9.17) is 9.47 Å². The Morgan fingerprint density at radius 3 is 2.46 bits per heavy atom. The van der Waals surface area contributed by atoms with Crippen molar-refractivity contribution in [2.75, 3.05) is 33.9 Å². The van der Waals surface area contributed by atoms with Crippen molar-refractivity contribution in [1.29, 1.82) is 0 Å². The summed E-state index contributed by atoms with van der Waals surface area (Å²) in [6, 6.07) is 17.7. The molecule has 2 aromatic carbocycles. The lowest BCUT2D eigenvalue weighted by Gasteiger charge is -2.41. The molecular formula is C28H30N2O4S. The molecule has 5 rings (SSSR count). The van der Waals surface area contributed by atoms with E-state index in [9.17, 15) is 9.59 Å². The second-order valence-electron chi connectivity index (χ2n) is 9.07. The van der Waals surface area contributed by atoms with Gasteiger partial charge in [0.25, 0.3) is 5.91 Å². The SMILES string of the molecule is COc1cc2c(cc1OC)C(c1ccccc1)N(C(=O)C1CCCN(C(=O)c3cccs3)C1)CC2. The van der Waals surface area contributed by atoms with E-state index >= 15 is 0 Å². The molecule has 0 saturated carbocycles. The number of methoxy groups -OCH3 is 2. The molecule has 2 atom stereocenters. The lowest BCUT2D eigenvalue weighted by Crippen LogP contribution is -2.49. The first-order chi connectivity index (χ1) is 17.1. The topological polar surface area (TPSA) is 59.1 Å². The zero-order chi connectivity index (χ0) is 24.4. The summed E-state index contributed by atoms with van der Waals surface area (Å²) in [5.74, 6) is 1.29. The summed E-state index contributed by atoms with van der Waals surface area (Å²) in [6.07, 6.45) is 2.37. The molecular weight excluding hydrogens is 460 g/mol. The lowest BCUT2D eigenvalue weighted by molar-refractivity contribution is -0.139. The molecule has 3 aromatic rings. The molecule has 1 fully saturated rings. The Morgan fingerprint density at radius 1 is 0.971 bits per heavy atom. The molecule has 3 heterocycles. The van der Waals surface area contributed by atoms with Crippen LogP contribution in [0.1, 0.15) is 45.2 Å². The van der Waals surface area contributed by atoms with E-state index in [0.29, 0.717) is 31.1 Å². The Labute approximate surface area is 210 Å². The Balaban J connectivity index is 1.46. The summed E-state index contributed by atoms with van der Waals surface area (Å²) in [6.45, 7) is 1.78. The van der Waals surface area contributed by atoms with Crippen molar-refractivity contribution in [2.24, 2.45) is 5.92 Å². The second kappa shape index (κ2) is 10.1. The summed E-state index contributed by atoms with van der Waals surface area (Å²) >= 11 is 1.45. The van der Waals surface area contributed by atoms with Gasteiger partial charge in [0.05, 0.1) is 31.1 Å². The molecule has 7 heteroatoms. The second-order valence-corrected chi connectivity index (χ2v) is 10.0. The van der Waals surface area contributed by atoms with Crippen molar-refractivity contribution in [3.05, 3.63) is 81.5 Å². The summed E-state index contributed by atoms with van der Waals surface area (Å²) in [5, 5.41) is 1.92. The van der Waals surface area contributed by atoms with Crippen LogP contribution in [0.25, 0.3) is 0 Å². The molecule has 6 nitrogen and oxygen atoms in total. The van der Waals surface area contributed by atoms with Crippen LogP contribution in [-0.2, 0) is 11.2 Å². The minimum atomic E-state index is -0.212. The molecule has 182 valence electrons. The first-order valence-electron chi connectivity index (χ1n) is 12.0. The third kappa shape index (κ3) is 4.52. The predicted molar refractivity (Wildman–Crippen MR) is 136 cm³/mol. The van der Waals surface area contributed by atoms with Crippen molar-refractivity contribution in [2.45, 2.75) is 25.3 Å². The van der Waals surface area contributed by atoms with Crippen molar-refractivity contribution in [3.63, 3.8) is 0 Å². The number of thiophene rings is 1. The molecule has 0 radical (unpaired) electrons. The monoisotopic (exact) mass is 490 g/mol. The maximum absolute atomic E-state index is 14.0. The fraction of sp³-hybridized carbons (Fsp3) is 0.357. The summed E-state index contributed by atoms with van der Waals surface area (Å²) in [7, 11) is 3.28. The smallest absolute Gasteiger partial charge is 0.263 e. The van der Waals surface area contributed by atoms with Crippen LogP contribution in [0.2, 0.25) is 0 Å². The highest BCUT2D eigenvalue weighted by atomic mass is 32.1. The van der Waals surface area contributed by atoms with Crippen molar-refractivity contribution in [3.8, 4) is 11.5 Å². The van der Waals surface area contributed by atoms with Gasteiger partial charge in [-0.05, 0) is 59.5 Å². The molecule has 0 aliphatic carbocycles. The number of rotatable bonds is 5. The highest BCUT2D eigenvalue weighted by molar-refractivity contribution is 7.12. The number of hydrogen-bond donors (Lipinski definition) is 0. The van der Waals surface area contributed by atoms with Gasteiger partial charge in [-0.3, -0.25) is 9.59 Å². The predicted octanol–water partition coefficient (Wildman–Crippen LogP) is 4.79. The van der Waals surface area contributed by atoms with Crippen LogP contribution in [0.3, 0.4) is 0 Å². The summed E-state index contributed by atoms with van der Waals surface area (Å²) in [5.41, 5.74) is 3.30. The molecule has 35 heavy (non-hydrogen) atoms. The van der Waals surface area contributed by atoms with Gasteiger partial charge in [0.1, 0.15) is 0 Å². The van der Waals surface area contributed by atoms with Gasteiger partial charge in [-0.25, -0.2) is 0 Å². The highest BCUT2D eigenvalue weighted by Gasteiger charge is 2.38. The molecule has 1 saturated heterocycles. The van der Waals surface area contributed by atoms with E-state index in [1.807, 2.05) is 57.6 Å². The molecule has 2 unspecified atom stereocenters. The summed E-state index contributed by atoms with van der Waals surface area (Å²) < 4.78 is 11.1. The number of benzene rings is 2. The van der Waals surface area contributed by atoms with Gasteiger partial charge in [-0.15, -0.1) is 11.3 Å². The largest absolute Gasteiger partial charge is 0.493 e. The average Bonchev–Trinajstić information content (AvgIpc) is 3.46. The number of fused-ring (bicyclic) bond motifs is 1. The number of nitrogens with zero attached hydrogens (tertiary/aromatic N) is 2. The van der Waals surface area contributed by atoms with E-state index in [1.54, 1.807) is 14.2 Å². The van der Waals surface area contributed by atoms with Gasteiger partial charge >= 0.3 is 0 Å². The lowest BCUT2D eigenvalue weighted by atomic mass is 9.86. The van der Waals surface area contributed by atoms with Crippen LogP contribution >= 0.6 is 11.3 Å². The minimum absolute atomic E-state index is 0.0259. The Bertz CT molecular complexity index is 1200. The average molecular weight is 491 g/mol. The van der Waals surface area contributed by atoms with Gasteiger partial charge in [0.2, 0.25) is 5.91 Å². The first-order valence-corrected chi connectivity index (χ1v) is 12.9. The van der Waals surface area contributed by atoms with Gasteiger partial charge in [-0.1, -0.05) is 36.4 Å². The van der Waals surface area contributed by atoms with Crippen LogP contribution in [0.5, 0.6) is 11.5 Å². The third-order valence-corrected chi connectivity index (χ3v) is 7.92. The molecule has 0 bridgehead atoms. The normalized spacial score (nSPS) is 19.7. The van der Waals surface area contributed by atoms with Crippen LogP contribution in [0, 0.1) is 5.92 Å².